The quantitative estimate of drug-likeness (QED) is 0.778. The SMILES string of the molecule is CCC(C)(C)CNS(=O)(=O)Cc1cccc(N)c1. The molecule has 0 aliphatic heterocycles. The monoisotopic (exact) mass is 270 g/mol. The number of anilines is 1. The van der Waals surface area contributed by atoms with Gasteiger partial charge in [-0.05, 0) is 29.5 Å². The molecule has 5 heteroatoms. The third-order valence-electron chi connectivity index (χ3n) is 3.04. The maximum atomic E-state index is 11.9. The molecule has 0 amide bonds. The van der Waals surface area contributed by atoms with Crippen LogP contribution >= 0.6 is 0 Å². The fourth-order valence-corrected chi connectivity index (χ4v) is 2.71. The Morgan fingerprint density at radius 3 is 2.56 bits per heavy atom. The lowest BCUT2D eigenvalue weighted by Crippen LogP contribution is -2.34. The van der Waals surface area contributed by atoms with Crippen LogP contribution in [-0.2, 0) is 15.8 Å². The Labute approximate surface area is 110 Å². The van der Waals surface area contributed by atoms with E-state index < -0.39 is 10.0 Å². The number of hydrogen-bond donors (Lipinski definition) is 2. The number of benzene rings is 1. The Kier molecular flexibility index (Phi) is 4.76. The number of rotatable bonds is 6. The molecule has 3 N–H and O–H groups in total. The maximum Gasteiger partial charge on any atom is 0.215 e. The Balaban J connectivity index is 2.66. The molecule has 0 aliphatic carbocycles. The number of nitrogens with two attached hydrogens (primary N) is 1. The average Bonchev–Trinajstić information content (AvgIpc) is 2.26. The molecule has 0 aromatic heterocycles. The van der Waals surface area contributed by atoms with Crippen LogP contribution in [0.1, 0.15) is 32.8 Å². The summed E-state index contributed by atoms with van der Waals surface area (Å²) < 4.78 is 26.5. The molecule has 0 fully saturated rings. The van der Waals surface area contributed by atoms with Crippen molar-refractivity contribution >= 4 is 15.7 Å². The zero-order valence-electron chi connectivity index (χ0n) is 11.2. The summed E-state index contributed by atoms with van der Waals surface area (Å²) in [4.78, 5) is 0. The van der Waals surface area contributed by atoms with E-state index >= 15 is 0 Å². The molecule has 1 rings (SSSR count). The molecule has 0 unspecified atom stereocenters. The van der Waals surface area contributed by atoms with E-state index in [9.17, 15) is 8.42 Å². The molecule has 0 atom stereocenters. The highest BCUT2D eigenvalue weighted by atomic mass is 32.2. The normalized spacial score (nSPS) is 12.6. The first kappa shape index (κ1) is 15.0. The van der Waals surface area contributed by atoms with Crippen LogP contribution < -0.4 is 10.5 Å². The molecular formula is C13H22N2O2S. The maximum absolute atomic E-state index is 11.9. The van der Waals surface area contributed by atoms with Gasteiger partial charge in [0.15, 0.2) is 0 Å². The van der Waals surface area contributed by atoms with Gasteiger partial charge < -0.3 is 5.73 Å². The molecule has 102 valence electrons. The summed E-state index contributed by atoms with van der Waals surface area (Å²) in [5, 5.41) is 0. The number of nitrogens with one attached hydrogen (secondary N) is 1. The molecule has 0 saturated carbocycles. The Morgan fingerprint density at radius 2 is 2.00 bits per heavy atom. The summed E-state index contributed by atoms with van der Waals surface area (Å²) in [7, 11) is -3.30. The van der Waals surface area contributed by atoms with Crippen molar-refractivity contribution in [2.45, 2.75) is 32.9 Å². The van der Waals surface area contributed by atoms with Gasteiger partial charge in [0, 0.05) is 12.2 Å². The molecule has 0 heterocycles. The molecule has 0 radical (unpaired) electrons. The van der Waals surface area contributed by atoms with Crippen molar-refractivity contribution in [1.29, 1.82) is 0 Å². The summed E-state index contributed by atoms with van der Waals surface area (Å²) in [5.41, 5.74) is 6.89. The van der Waals surface area contributed by atoms with Gasteiger partial charge in [-0.3, -0.25) is 0 Å². The van der Waals surface area contributed by atoms with Crippen molar-refractivity contribution in [3.63, 3.8) is 0 Å². The molecule has 4 nitrogen and oxygen atoms in total. The highest BCUT2D eigenvalue weighted by molar-refractivity contribution is 7.88. The zero-order valence-corrected chi connectivity index (χ0v) is 12.0. The Morgan fingerprint density at radius 1 is 1.33 bits per heavy atom. The predicted octanol–water partition coefficient (Wildman–Crippen LogP) is 2.12. The molecule has 0 bridgehead atoms. The van der Waals surface area contributed by atoms with E-state index in [1.54, 1.807) is 24.3 Å². The summed E-state index contributed by atoms with van der Waals surface area (Å²) in [6.07, 6.45) is 0.924. The predicted molar refractivity (Wildman–Crippen MR) is 75.6 cm³/mol. The third kappa shape index (κ3) is 5.06. The van der Waals surface area contributed by atoms with Gasteiger partial charge in [0.25, 0.3) is 0 Å². The van der Waals surface area contributed by atoms with Crippen LogP contribution in [-0.4, -0.2) is 15.0 Å². The standard InChI is InChI=1S/C13H22N2O2S/c1-4-13(2,3)10-15-18(16,17)9-11-6-5-7-12(14)8-11/h5-8,15H,4,9-10,14H2,1-3H3. The van der Waals surface area contributed by atoms with E-state index in [-0.39, 0.29) is 11.2 Å². The minimum absolute atomic E-state index is 0.0250. The van der Waals surface area contributed by atoms with Crippen molar-refractivity contribution < 1.29 is 8.42 Å². The molecule has 0 spiro atoms. The molecule has 1 aromatic rings. The van der Waals surface area contributed by atoms with Gasteiger partial charge in [0.1, 0.15) is 0 Å². The molecule has 0 aliphatic rings. The fraction of sp³-hybridized carbons (Fsp3) is 0.538. The van der Waals surface area contributed by atoms with E-state index in [4.69, 9.17) is 5.73 Å². The van der Waals surface area contributed by atoms with Crippen LogP contribution in [0.15, 0.2) is 24.3 Å². The fourth-order valence-electron chi connectivity index (χ4n) is 1.38. The summed E-state index contributed by atoms with van der Waals surface area (Å²) in [6, 6.07) is 6.95. The van der Waals surface area contributed by atoms with E-state index in [0.717, 1.165) is 6.42 Å². The van der Waals surface area contributed by atoms with Gasteiger partial charge >= 0.3 is 0 Å². The number of sulfonamides is 1. The number of hydrogen-bond acceptors (Lipinski definition) is 3. The zero-order chi connectivity index (χ0) is 13.8. The van der Waals surface area contributed by atoms with Gasteiger partial charge in [0.05, 0.1) is 5.75 Å². The first-order valence-electron chi connectivity index (χ1n) is 6.06. The van der Waals surface area contributed by atoms with Crippen LogP contribution in [0.25, 0.3) is 0 Å². The van der Waals surface area contributed by atoms with Crippen molar-refractivity contribution in [3.05, 3.63) is 29.8 Å². The van der Waals surface area contributed by atoms with Crippen molar-refractivity contribution in [1.82, 2.24) is 4.72 Å². The van der Waals surface area contributed by atoms with Gasteiger partial charge in [-0.15, -0.1) is 0 Å². The summed E-state index contributed by atoms with van der Waals surface area (Å²) in [6.45, 7) is 6.58. The summed E-state index contributed by atoms with van der Waals surface area (Å²) >= 11 is 0. The average molecular weight is 270 g/mol. The highest BCUT2D eigenvalue weighted by Crippen LogP contribution is 2.18. The Hall–Kier alpha value is -1.07. The minimum atomic E-state index is -3.30. The van der Waals surface area contributed by atoms with Crippen LogP contribution in [0.5, 0.6) is 0 Å². The van der Waals surface area contributed by atoms with E-state index in [2.05, 4.69) is 4.72 Å². The van der Waals surface area contributed by atoms with Gasteiger partial charge in [-0.25, -0.2) is 13.1 Å². The van der Waals surface area contributed by atoms with Crippen molar-refractivity contribution in [2.24, 2.45) is 5.41 Å². The highest BCUT2D eigenvalue weighted by Gasteiger charge is 2.19. The van der Waals surface area contributed by atoms with Crippen LogP contribution in [0.4, 0.5) is 5.69 Å². The summed E-state index contributed by atoms with van der Waals surface area (Å²) in [5.74, 6) is -0.0299. The van der Waals surface area contributed by atoms with E-state index in [1.807, 2.05) is 20.8 Å². The van der Waals surface area contributed by atoms with E-state index in [0.29, 0.717) is 17.8 Å². The van der Waals surface area contributed by atoms with Crippen molar-refractivity contribution in [2.75, 3.05) is 12.3 Å². The molecule has 0 saturated heterocycles. The third-order valence-corrected chi connectivity index (χ3v) is 4.33. The second-order valence-electron chi connectivity index (χ2n) is 5.34. The molecule has 18 heavy (non-hydrogen) atoms. The van der Waals surface area contributed by atoms with Crippen LogP contribution in [0.3, 0.4) is 0 Å². The first-order chi connectivity index (χ1) is 8.24. The second kappa shape index (κ2) is 5.71. The first-order valence-corrected chi connectivity index (χ1v) is 7.71. The lowest BCUT2D eigenvalue weighted by Gasteiger charge is -2.22. The smallest absolute Gasteiger partial charge is 0.215 e. The van der Waals surface area contributed by atoms with Crippen LogP contribution in [0.2, 0.25) is 0 Å². The van der Waals surface area contributed by atoms with Gasteiger partial charge in [-0.2, -0.15) is 0 Å². The minimum Gasteiger partial charge on any atom is -0.399 e. The lowest BCUT2D eigenvalue weighted by molar-refractivity contribution is 0.350. The topological polar surface area (TPSA) is 72.2 Å². The largest absolute Gasteiger partial charge is 0.399 e. The Bertz CT molecular complexity index is 495. The van der Waals surface area contributed by atoms with Crippen molar-refractivity contribution in [3.8, 4) is 0 Å². The van der Waals surface area contributed by atoms with E-state index in [1.165, 1.54) is 0 Å². The van der Waals surface area contributed by atoms with Gasteiger partial charge in [-0.1, -0.05) is 32.9 Å². The lowest BCUT2D eigenvalue weighted by atomic mass is 9.91. The van der Waals surface area contributed by atoms with Gasteiger partial charge in [0.2, 0.25) is 10.0 Å². The molecular weight excluding hydrogens is 248 g/mol. The van der Waals surface area contributed by atoms with Crippen LogP contribution in [0, 0.1) is 5.41 Å². The molecule has 1 aromatic carbocycles. The second-order valence-corrected chi connectivity index (χ2v) is 7.15. The number of nitrogen functional groups attached to an aromatic ring is 1.